The number of nitrogens with zero attached hydrogens (tertiary/aromatic N) is 4. The summed E-state index contributed by atoms with van der Waals surface area (Å²) in [5.74, 6) is 0.456. The highest BCUT2D eigenvalue weighted by Crippen LogP contribution is 2.20. The summed E-state index contributed by atoms with van der Waals surface area (Å²) >= 11 is 0. The van der Waals surface area contributed by atoms with E-state index >= 15 is 0 Å². The quantitative estimate of drug-likeness (QED) is 0.818. The van der Waals surface area contributed by atoms with Crippen molar-refractivity contribution in [2.24, 2.45) is 5.92 Å². The molecule has 2 aromatic rings. The summed E-state index contributed by atoms with van der Waals surface area (Å²) in [6.07, 6.45) is 5.71. The van der Waals surface area contributed by atoms with Gasteiger partial charge in [-0.05, 0) is 18.9 Å². The van der Waals surface area contributed by atoms with Crippen LogP contribution in [-0.4, -0.2) is 64.3 Å². The van der Waals surface area contributed by atoms with E-state index < -0.39 is 0 Å². The first-order valence-electron chi connectivity index (χ1n) is 9.55. The van der Waals surface area contributed by atoms with Crippen LogP contribution in [0.25, 0.3) is 5.65 Å². The SMILES string of the molecule is CCC(CC)C(CNC(=O)c1c(C)nn2cccnc12)N1CCOCC1. The molecule has 7 nitrogen and oxygen atoms in total. The third-order valence-electron chi connectivity index (χ3n) is 5.38. The smallest absolute Gasteiger partial charge is 0.257 e. The van der Waals surface area contributed by atoms with E-state index in [0.29, 0.717) is 35.4 Å². The first kappa shape index (κ1) is 18.8. The Balaban J connectivity index is 1.75. The summed E-state index contributed by atoms with van der Waals surface area (Å²) in [5.41, 5.74) is 1.87. The lowest BCUT2D eigenvalue weighted by Crippen LogP contribution is -2.52. The molecular weight excluding hydrogens is 330 g/mol. The van der Waals surface area contributed by atoms with Crippen molar-refractivity contribution in [1.82, 2.24) is 24.8 Å². The van der Waals surface area contributed by atoms with E-state index in [9.17, 15) is 4.79 Å². The third-order valence-corrected chi connectivity index (χ3v) is 5.38. The average molecular weight is 359 g/mol. The highest BCUT2D eigenvalue weighted by Gasteiger charge is 2.28. The maximum atomic E-state index is 12.9. The van der Waals surface area contributed by atoms with E-state index in [0.717, 1.165) is 39.1 Å². The Morgan fingerprint density at radius 2 is 2.04 bits per heavy atom. The van der Waals surface area contributed by atoms with Crippen LogP contribution in [0.5, 0.6) is 0 Å². The van der Waals surface area contributed by atoms with Crippen LogP contribution in [0.1, 0.15) is 42.7 Å². The zero-order valence-corrected chi connectivity index (χ0v) is 15.9. The molecule has 2 aromatic heterocycles. The van der Waals surface area contributed by atoms with Gasteiger partial charge in [0, 0.05) is 38.1 Å². The van der Waals surface area contributed by atoms with Gasteiger partial charge in [0.05, 0.1) is 18.9 Å². The van der Waals surface area contributed by atoms with Crippen LogP contribution >= 0.6 is 0 Å². The number of aryl methyl sites for hydroxylation is 1. The van der Waals surface area contributed by atoms with Gasteiger partial charge in [-0.1, -0.05) is 26.7 Å². The fourth-order valence-corrected chi connectivity index (χ4v) is 3.88. The lowest BCUT2D eigenvalue weighted by atomic mass is 9.92. The molecule has 1 unspecified atom stereocenters. The van der Waals surface area contributed by atoms with Gasteiger partial charge in [-0.15, -0.1) is 0 Å². The Labute approximate surface area is 154 Å². The second-order valence-corrected chi connectivity index (χ2v) is 6.85. The molecule has 0 aromatic carbocycles. The van der Waals surface area contributed by atoms with Crippen molar-refractivity contribution in [3.63, 3.8) is 0 Å². The summed E-state index contributed by atoms with van der Waals surface area (Å²) in [7, 11) is 0. The number of amides is 1. The van der Waals surface area contributed by atoms with Gasteiger partial charge in [0.15, 0.2) is 5.65 Å². The van der Waals surface area contributed by atoms with Crippen LogP contribution in [0.3, 0.4) is 0 Å². The van der Waals surface area contributed by atoms with Gasteiger partial charge in [-0.25, -0.2) is 9.50 Å². The van der Waals surface area contributed by atoms with Gasteiger partial charge in [0.1, 0.15) is 5.56 Å². The first-order valence-corrected chi connectivity index (χ1v) is 9.55. The minimum Gasteiger partial charge on any atom is -0.379 e. The third kappa shape index (κ3) is 3.88. The predicted octanol–water partition coefficient (Wildman–Crippen LogP) is 1.90. The Kier molecular flexibility index (Phi) is 6.21. The van der Waals surface area contributed by atoms with E-state index in [1.54, 1.807) is 10.7 Å². The minimum atomic E-state index is -0.0968. The number of hydrogen-bond donors (Lipinski definition) is 1. The topological polar surface area (TPSA) is 71.8 Å². The maximum absolute atomic E-state index is 12.9. The van der Waals surface area contributed by atoms with E-state index in [4.69, 9.17) is 4.74 Å². The first-order chi connectivity index (χ1) is 12.7. The predicted molar refractivity (Wildman–Crippen MR) is 100 cm³/mol. The molecule has 1 amide bonds. The normalized spacial score (nSPS) is 16.9. The van der Waals surface area contributed by atoms with Crippen molar-refractivity contribution in [2.75, 3.05) is 32.8 Å². The Morgan fingerprint density at radius 3 is 2.73 bits per heavy atom. The number of nitrogens with one attached hydrogen (secondary N) is 1. The molecule has 1 aliphatic rings. The van der Waals surface area contributed by atoms with Crippen LogP contribution < -0.4 is 5.32 Å². The van der Waals surface area contributed by atoms with Crippen LogP contribution in [0, 0.1) is 12.8 Å². The van der Waals surface area contributed by atoms with Gasteiger partial charge in [-0.2, -0.15) is 5.10 Å². The molecule has 1 N–H and O–H groups in total. The molecule has 142 valence electrons. The van der Waals surface area contributed by atoms with E-state index in [1.807, 2.05) is 19.2 Å². The Morgan fingerprint density at radius 1 is 1.31 bits per heavy atom. The molecule has 26 heavy (non-hydrogen) atoms. The molecule has 3 heterocycles. The fraction of sp³-hybridized carbons (Fsp3) is 0.632. The average Bonchev–Trinajstić information content (AvgIpc) is 3.01. The Hall–Kier alpha value is -1.99. The number of ether oxygens (including phenoxy) is 1. The van der Waals surface area contributed by atoms with Crippen LogP contribution in [0.4, 0.5) is 0 Å². The molecule has 1 saturated heterocycles. The minimum absolute atomic E-state index is 0.0968. The maximum Gasteiger partial charge on any atom is 0.257 e. The number of aromatic nitrogens is 3. The Bertz CT molecular complexity index is 735. The summed E-state index contributed by atoms with van der Waals surface area (Å²) in [6.45, 7) is 10.3. The van der Waals surface area contributed by atoms with E-state index in [1.165, 1.54) is 0 Å². The summed E-state index contributed by atoms with van der Waals surface area (Å²) in [6, 6.07) is 2.14. The number of hydrogen-bond acceptors (Lipinski definition) is 5. The summed E-state index contributed by atoms with van der Waals surface area (Å²) < 4.78 is 7.15. The standard InChI is InChI=1S/C19H29N5O2/c1-4-15(5-2)16(23-9-11-26-12-10-23)13-21-19(25)17-14(3)22-24-8-6-7-20-18(17)24/h6-8,15-16H,4-5,9-13H2,1-3H3,(H,21,25). The number of fused-ring (bicyclic) bond motifs is 1. The highest BCUT2D eigenvalue weighted by molar-refractivity contribution is 6.00. The molecule has 1 aliphatic heterocycles. The second-order valence-electron chi connectivity index (χ2n) is 6.85. The van der Waals surface area contributed by atoms with E-state index in [2.05, 4.69) is 34.1 Å². The van der Waals surface area contributed by atoms with Gasteiger partial charge in [-0.3, -0.25) is 9.69 Å². The number of carbonyl (C=O) groups is 1. The molecule has 0 radical (unpaired) electrons. The lowest BCUT2D eigenvalue weighted by Gasteiger charge is -2.38. The largest absolute Gasteiger partial charge is 0.379 e. The summed E-state index contributed by atoms with van der Waals surface area (Å²) in [5, 5.41) is 7.53. The lowest BCUT2D eigenvalue weighted by molar-refractivity contribution is 0.00191. The zero-order valence-electron chi connectivity index (χ0n) is 15.9. The van der Waals surface area contributed by atoms with Crippen molar-refractivity contribution in [3.05, 3.63) is 29.7 Å². The van der Waals surface area contributed by atoms with Crippen LogP contribution in [-0.2, 0) is 4.74 Å². The van der Waals surface area contributed by atoms with Crippen molar-refractivity contribution in [2.45, 2.75) is 39.7 Å². The van der Waals surface area contributed by atoms with Gasteiger partial charge in [0.25, 0.3) is 5.91 Å². The number of morpholine rings is 1. The van der Waals surface area contributed by atoms with Crippen molar-refractivity contribution in [1.29, 1.82) is 0 Å². The molecule has 0 aliphatic carbocycles. The van der Waals surface area contributed by atoms with E-state index in [-0.39, 0.29) is 5.91 Å². The molecule has 3 rings (SSSR count). The molecule has 7 heteroatoms. The van der Waals surface area contributed by atoms with Crippen LogP contribution in [0.15, 0.2) is 18.5 Å². The molecule has 0 bridgehead atoms. The van der Waals surface area contributed by atoms with Crippen LogP contribution in [0.2, 0.25) is 0 Å². The molecule has 0 spiro atoms. The number of carbonyl (C=O) groups excluding carboxylic acids is 1. The molecule has 0 saturated carbocycles. The van der Waals surface area contributed by atoms with Gasteiger partial charge < -0.3 is 10.1 Å². The summed E-state index contributed by atoms with van der Waals surface area (Å²) in [4.78, 5) is 19.7. The molecule has 1 atom stereocenters. The van der Waals surface area contributed by atoms with Gasteiger partial charge in [0.2, 0.25) is 0 Å². The highest BCUT2D eigenvalue weighted by atomic mass is 16.5. The van der Waals surface area contributed by atoms with Crippen molar-refractivity contribution >= 4 is 11.6 Å². The van der Waals surface area contributed by atoms with Gasteiger partial charge >= 0.3 is 0 Å². The second kappa shape index (κ2) is 8.60. The molecule has 1 fully saturated rings. The fourth-order valence-electron chi connectivity index (χ4n) is 3.88. The number of rotatable bonds is 7. The molecular formula is C19H29N5O2. The monoisotopic (exact) mass is 359 g/mol. The van der Waals surface area contributed by atoms with Crippen molar-refractivity contribution < 1.29 is 9.53 Å². The van der Waals surface area contributed by atoms with Crippen molar-refractivity contribution in [3.8, 4) is 0 Å². The zero-order chi connectivity index (χ0) is 18.5.